The maximum atomic E-state index is 12.8. The average Bonchev–Trinajstić information content (AvgIpc) is 3.28. The number of aromatic nitrogens is 1. The molecule has 0 atom stereocenters. The molecule has 2 amide bonds. The van der Waals surface area contributed by atoms with Gasteiger partial charge in [-0.3, -0.25) is 9.59 Å². The molecule has 10 heteroatoms. The van der Waals surface area contributed by atoms with E-state index in [1.807, 2.05) is 12.1 Å². The molecule has 1 aromatic heterocycles. The zero-order chi connectivity index (χ0) is 22.9. The highest BCUT2D eigenvalue weighted by molar-refractivity contribution is 7.13. The molecule has 0 unspecified atom stereocenters. The molecule has 0 N–H and O–H groups in total. The van der Waals surface area contributed by atoms with Gasteiger partial charge in [0.15, 0.2) is 0 Å². The average molecular weight is 480 g/mol. The fourth-order valence-corrected chi connectivity index (χ4v) is 4.28. The maximum Gasteiger partial charge on any atom is 0.416 e. The molecule has 0 radical (unpaired) electrons. The lowest BCUT2D eigenvalue weighted by atomic mass is 10.1. The summed E-state index contributed by atoms with van der Waals surface area (Å²) < 4.78 is 38.1. The van der Waals surface area contributed by atoms with Gasteiger partial charge in [0, 0.05) is 47.7 Å². The van der Waals surface area contributed by atoms with Gasteiger partial charge in [0.05, 0.1) is 5.56 Å². The zero-order valence-corrected chi connectivity index (χ0v) is 18.2. The van der Waals surface area contributed by atoms with Gasteiger partial charge < -0.3 is 9.80 Å². The van der Waals surface area contributed by atoms with E-state index in [1.54, 1.807) is 22.4 Å². The first-order valence-corrected chi connectivity index (χ1v) is 11.0. The molecule has 0 aliphatic carbocycles. The van der Waals surface area contributed by atoms with Crippen molar-refractivity contribution in [3.8, 4) is 10.6 Å². The summed E-state index contributed by atoms with van der Waals surface area (Å²) in [5.74, 6) is -0.576. The van der Waals surface area contributed by atoms with Crippen LogP contribution in [0.3, 0.4) is 0 Å². The minimum Gasteiger partial charge on any atom is -0.335 e. The van der Waals surface area contributed by atoms with Crippen molar-refractivity contribution < 1.29 is 22.8 Å². The van der Waals surface area contributed by atoms with E-state index in [4.69, 9.17) is 11.6 Å². The lowest BCUT2D eigenvalue weighted by Crippen LogP contribution is -2.50. The number of piperazine rings is 1. The van der Waals surface area contributed by atoms with E-state index in [2.05, 4.69) is 4.98 Å². The molecule has 2 heterocycles. The van der Waals surface area contributed by atoms with Crippen LogP contribution in [-0.4, -0.2) is 52.8 Å². The third-order valence-electron chi connectivity index (χ3n) is 5.13. The summed E-state index contributed by atoms with van der Waals surface area (Å²) in [5.41, 5.74) is 0.587. The SMILES string of the molecule is O=C(c1ccc(C(F)(F)F)cc1)N1CCN(C(=O)c2csc(-c3ccc(Cl)cc3)n2)CC1. The molecule has 1 aliphatic heterocycles. The normalized spacial score (nSPS) is 14.5. The van der Waals surface area contributed by atoms with Crippen molar-refractivity contribution in [2.24, 2.45) is 0 Å². The summed E-state index contributed by atoms with van der Waals surface area (Å²) in [4.78, 5) is 33.0. The fourth-order valence-electron chi connectivity index (χ4n) is 3.36. The van der Waals surface area contributed by atoms with Gasteiger partial charge in [0.1, 0.15) is 10.7 Å². The number of hydrogen-bond acceptors (Lipinski definition) is 4. The number of thiazole rings is 1. The summed E-state index contributed by atoms with van der Waals surface area (Å²) >= 11 is 7.26. The number of rotatable bonds is 3. The van der Waals surface area contributed by atoms with Crippen LogP contribution in [0.5, 0.6) is 0 Å². The van der Waals surface area contributed by atoms with Crippen LogP contribution in [0.15, 0.2) is 53.9 Å². The van der Waals surface area contributed by atoms with Crippen LogP contribution in [0.1, 0.15) is 26.4 Å². The molecule has 1 aliphatic rings. The molecule has 0 bridgehead atoms. The summed E-state index contributed by atoms with van der Waals surface area (Å²) in [6.45, 7) is 1.22. The van der Waals surface area contributed by atoms with E-state index >= 15 is 0 Å². The lowest BCUT2D eigenvalue weighted by Gasteiger charge is -2.34. The smallest absolute Gasteiger partial charge is 0.335 e. The van der Waals surface area contributed by atoms with Crippen molar-refractivity contribution in [1.29, 1.82) is 0 Å². The Morgan fingerprint density at radius 2 is 1.44 bits per heavy atom. The summed E-state index contributed by atoms with van der Waals surface area (Å²) in [6, 6.07) is 11.3. The largest absolute Gasteiger partial charge is 0.416 e. The Hall–Kier alpha value is -2.91. The molecule has 1 saturated heterocycles. The monoisotopic (exact) mass is 479 g/mol. The predicted octanol–water partition coefficient (Wildman–Crippen LogP) is 5.08. The number of carbonyl (C=O) groups is 2. The topological polar surface area (TPSA) is 53.5 Å². The number of hydrogen-bond donors (Lipinski definition) is 0. The van der Waals surface area contributed by atoms with Crippen molar-refractivity contribution >= 4 is 34.8 Å². The van der Waals surface area contributed by atoms with Crippen LogP contribution in [0, 0.1) is 0 Å². The van der Waals surface area contributed by atoms with Crippen molar-refractivity contribution in [3.05, 3.63) is 75.8 Å². The predicted molar refractivity (Wildman–Crippen MR) is 116 cm³/mol. The van der Waals surface area contributed by atoms with E-state index < -0.39 is 11.7 Å². The van der Waals surface area contributed by atoms with Gasteiger partial charge in [-0.15, -0.1) is 11.3 Å². The van der Waals surface area contributed by atoms with Crippen LogP contribution in [-0.2, 0) is 6.18 Å². The van der Waals surface area contributed by atoms with E-state index in [1.165, 1.54) is 28.4 Å². The molecule has 3 aromatic rings. The zero-order valence-electron chi connectivity index (χ0n) is 16.6. The second-order valence-corrected chi connectivity index (χ2v) is 8.50. The number of halogens is 4. The number of carbonyl (C=O) groups excluding carboxylic acids is 2. The van der Waals surface area contributed by atoms with Gasteiger partial charge in [-0.1, -0.05) is 23.7 Å². The molecule has 5 nitrogen and oxygen atoms in total. The Labute approximate surface area is 191 Å². The Balaban J connectivity index is 1.37. The maximum absolute atomic E-state index is 12.8. The van der Waals surface area contributed by atoms with E-state index in [0.29, 0.717) is 41.9 Å². The highest BCUT2D eigenvalue weighted by Gasteiger charge is 2.31. The standard InChI is InChI=1S/C22H17ClF3N3O2S/c23-17-7-3-14(4-8-17)19-27-18(13-32-19)21(31)29-11-9-28(10-12-29)20(30)15-1-5-16(6-2-15)22(24,25)26/h1-8,13H,9-12H2. The summed E-state index contributed by atoms with van der Waals surface area (Å²) in [5, 5.41) is 3.03. The van der Waals surface area contributed by atoms with Crippen molar-refractivity contribution in [2.75, 3.05) is 26.2 Å². The highest BCUT2D eigenvalue weighted by Crippen LogP contribution is 2.29. The molecule has 32 heavy (non-hydrogen) atoms. The summed E-state index contributed by atoms with van der Waals surface area (Å²) in [6.07, 6.45) is -4.45. The van der Waals surface area contributed by atoms with Gasteiger partial charge in [-0.2, -0.15) is 13.2 Å². The van der Waals surface area contributed by atoms with Crippen LogP contribution >= 0.6 is 22.9 Å². The van der Waals surface area contributed by atoms with Crippen LogP contribution in [0.4, 0.5) is 13.2 Å². The number of alkyl halides is 3. The van der Waals surface area contributed by atoms with Crippen LogP contribution in [0.2, 0.25) is 5.02 Å². The lowest BCUT2D eigenvalue weighted by molar-refractivity contribution is -0.137. The van der Waals surface area contributed by atoms with E-state index in [9.17, 15) is 22.8 Å². The number of benzene rings is 2. The van der Waals surface area contributed by atoms with Crippen LogP contribution < -0.4 is 0 Å². The molecule has 1 fully saturated rings. The summed E-state index contributed by atoms with van der Waals surface area (Å²) in [7, 11) is 0. The molecule has 0 spiro atoms. The third kappa shape index (κ3) is 4.78. The first-order valence-electron chi connectivity index (χ1n) is 9.69. The van der Waals surface area contributed by atoms with Gasteiger partial charge in [-0.05, 0) is 36.4 Å². The van der Waals surface area contributed by atoms with E-state index in [-0.39, 0.29) is 17.4 Å². The first kappa shape index (κ1) is 22.3. The minimum atomic E-state index is -4.45. The van der Waals surface area contributed by atoms with E-state index in [0.717, 1.165) is 17.7 Å². The molecular weight excluding hydrogens is 463 g/mol. The van der Waals surface area contributed by atoms with Crippen LogP contribution in [0.25, 0.3) is 10.6 Å². The van der Waals surface area contributed by atoms with Gasteiger partial charge in [0.2, 0.25) is 0 Å². The highest BCUT2D eigenvalue weighted by atomic mass is 35.5. The van der Waals surface area contributed by atoms with Gasteiger partial charge >= 0.3 is 6.18 Å². The third-order valence-corrected chi connectivity index (χ3v) is 6.27. The van der Waals surface area contributed by atoms with Gasteiger partial charge in [0.25, 0.3) is 11.8 Å². The van der Waals surface area contributed by atoms with Gasteiger partial charge in [-0.25, -0.2) is 4.98 Å². The molecule has 166 valence electrons. The quantitative estimate of drug-likeness (QED) is 0.526. The van der Waals surface area contributed by atoms with Crippen molar-refractivity contribution in [3.63, 3.8) is 0 Å². The number of nitrogens with zero attached hydrogens (tertiary/aromatic N) is 3. The first-order chi connectivity index (χ1) is 15.2. The molecular formula is C22H17ClF3N3O2S. The second kappa shape index (κ2) is 8.91. The minimum absolute atomic E-state index is 0.185. The van der Waals surface area contributed by atoms with Crippen molar-refractivity contribution in [1.82, 2.24) is 14.8 Å². The molecule has 4 rings (SSSR count). The molecule has 2 aromatic carbocycles. The Bertz CT molecular complexity index is 1120. The second-order valence-electron chi connectivity index (χ2n) is 7.20. The Morgan fingerprint density at radius 3 is 2.00 bits per heavy atom. The molecule has 0 saturated carbocycles. The van der Waals surface area contributed by atoms with Crippen molar-refractivity contribution in [2.45, 2.75) is 6.18 Å². The Morgan fingerprint density at radius 1 is 0.875 bits per heavy atom. The Kier molecular flexibility index (Phi) is 6.21. The number of amides is 2. The fraction of sp³-hybridized carbons (Fsp3) is 0.227.